The fourth-order valence-electron chi connectivity index (χ4n) is 3.85. The molecule has 168 valence electrons. The van der Waals surface area contributed by atoms with E-state index >= 15 is 0 Å². The number of benzene rings is 2. The predicted octanol–water partition coefficient (Wildman–Crippen LogP) is 5.10. The quantitative estimate of drug-likeness (QED) is 0.430. The molecule has 0 fully saturated rings. The van der Waals surface area contributed by atoms with Gasteiger partial charge in [-0.25, -0.2) is 9.37 Å². The van der Waals surface area contributed by atoms with Gasteiger partial charge in [-0.1, -0.05) is 12.5 Å². The van der Waals surface area contributed by atoms with Crippen LogP contribution in [-0.2, 0) is 19.6 Å². The minimum Gasteiger partial charge on any atom is -0.487 e. The Morgan fingerprint density at radius 2 is 2.09 bits per heavy atom. The van der Waals surface area contributed by atoms with Gasteiger partial charge in [0.2, 0.25) is 0 Å². The Morgan fingerprint density at radius 3 is 2.97 bits per heavy atom. The number of halogens is 1. The Balaban J connectivity index is 1.34. The van der Waals surface area contributed by atoms with Crippen LogP contribution < -0.4 is 10.1 Å². The highest BCUT2D eigenvalue weighted by molar-refractivity contribution is 7.07. The fraction of sp³-hybridized carbons (Fsp3) is 0.250. The lowest BCUT2D eigenvalue weighted by molar-refractivity contribution is 0.102. The molecule has 33 heavy (non-hydrogen) atoms. The Morgan fingerprint density at radius 1 is 1.15 bits per heavy atom. The van der Waals surface area contributed by atoms with Crippen molar-refractivity contribution in [2.45, 2.75) is 38.8 Å². The number of thiazole rings is 1. The Kier molecular flexibility index (Phi) is 6.12. The SMILES string of the molecule is O=C(Nc1cc(-c2nnc3n2CCCCC3)ccc1F)c1cccc(OCc2cscn2)c1. The molecule has 0 bridgehead atoms. The fourth-order valence-corrected chi connectivity index (χ4v) is 4.39. The van der Waals surface area contributed by atoms with Crippen LogP contribution in [0, 0.1) is 5.82 Å². The molecule has 4 aromatic rings. The largest absolute Gasteiger partial charge is 0.487 e. The van der Waals surface area contributed by atoms with Crippen molar-refractivity contribution in [1.29, 1.82) is 0 Å². The summed E-state index contributed by atoms with van der Waals surface area (Å²) < 4.78 is 22.4. The summed E-state index contributed by atoms with van der Waals surface area (Å²) in [5, 5.41) is 13.2. The summed E-state index contributed by atoms with van der Waals surface area (Å²) in [4.78, 5) is 17.0. The first kappa shape index (κ1) is 21.3. The smallest absolute Gasteiger partial charge is 0.255 e. The average Bonchev–Trinajstić information content (AvgIpc) is 3.44. The maximum Gasteiger partial charge on any atom is 0.255 e. The molecule has 1 N–H and O–H groups in total. The topological polar surface area (TPSA) is 81.9 Å². The van der Waals surface area contributed by atoms with E-state index in [0.717, 1.165) is 43.7 Å². The van der Waals surface area contributed by atoms with Gasteiger partial charge in [-0.3, -0.25) is 4.79 Å². The number of rotatable bonds is 6. The van der Waals surface area contributed by atoms with Gasteiger partial charge in [-0.05, 0) is 49.2 Å². The highest BCUT2D eigenvalue weighted by Crippen LogP contribution is 2.27. The standard InChI is InChI=1S/C24H22FN5O2S/c25-20-9-8-16(23-29-28-22-7-2-1-3-10-30(22)23)12-21(20)27-24(31)17-5-4-6-19(11-17)32-13-18-14-33-15-26-18/h4-6,8-9,11-12,14-15H,1-3,7,10,13H2,(H,27,31). The van der Waals surface area contributed by atoms with E-state index in [1.807, 2.05) is 5.38 Å². The first-order valence-corrected chi connectivity index (χ1v) is 11.7. The van der Waals surface area contributed by atoms with Crippen molar-refractivity contribution in [3.05, 3.63) is 76.3 Å². The third-order valence-corrected chi connectivity index (χ3v) is 6.18. The van der Waals surface area contributed by atoms with Gasteiger partial charge in [0.1, 0.15) is 24.0 Å². The van der Waals surface area contributed by atoms with Crippen molar-refractivity contribution in [2.24, 2.45) is 0 Å². The molecule has 5 rings (SSSR count). The molecule has 1 aliphatic rings. The molecule has 2 aromatic heterocycles. The van der Waals surface area contributed by atoms with Crippen LogP contribution in [0.5, 0.6) is 5.75 Å². The summed E-state index contributed by atoms with van der Waals surface area (Å²) in [7, 11) is 0. The summed E-state index contributed by atoms with van der Waals surface area (Å²) in [5.74, 6) is 1.24. The maximum absolute atomic E-state index is 14.6. The zero-order valence-corrected chi connectivity index (χ0v) is 18.6. The second kappa shape index (κ2) is 9.50. The number of nitrogens with zero attached hydrogens (tertiary/aromatic N) is 4. The molecule has 3 heterocycles. The Labute approximate surface area is 194 Å². The third-order valence-electron chi connectivity index (χ3n) is 5.55. The number of hydrogen-bond donors (Lipinski definition) is 1. The van der Waals surface area contributed by atoms with Crippen LogP contribution in [0.2, 0.25) is 0 Å². The molecule has 0 spiro atoms. The third kappa shape index (κ3) is 4.78. The monoisotopic (exact) mass is 463 g/mol. The van der Waals surface area contributed by atoms with E-state index < -0.39 is 11.7 Å². The van der Waals surface area contributed by atoms with E-state index in [0.29, 0.717) is 29.3 Å². The van der Waals surface area contributed by atoms with E-state index in [9.17, 15) is 9.18 Å². The molecule has 0 atom stereocenters. The van der Waals surface area contributed by atoms with Gasteiger partial charge >= 0.3 is 0 Å². The van der Waals surface area contributed by atoms with E-state index in [2.05, 4.69) is 25.1 Å². The van der Waals surface area contributed by atoms with Gasteiger partial charge in [-0.2, -0.15) is 0 Å². The lowest BCUT2D eigenvalue weighted by Gasteiger charge is -2.11. The number of anilines is 1. The van der Waals surface area contributed by atoms with Gasteiger partial charge in [0.25, 0.3) is 5.91 Å². The number of carbonyl (C=O) groups excluding carboxylic acids is 1. The van der Waals surface area contributed by atoms with Crippen molar-refractivity contribution in [2.75, 3.05) is 5.32 Å². The van der Waals surface area contributed by atoms with Gasteiger partial charge < -0.3 is 14.6 Å². The summed E-state index contributed by atoms with van der Waals surface area (Å²) in [6.45, 7) is 1.15. The van der Waals surface area contributed by atoms with E-state index in [-0.39, 0.29) is 5.69 Å². The highest BCUT2D eigenvalue weighted by atomic mass is 32.1. The van der Waals surface area contributed by atoms with Crippen LogP contribution in [0.15, 0.2) is 53.4 Å². The number of fused-ring (bicyclic) bond motifs is 1. The van der Waals surface area contributed by atoms with Gasteiger partial charge in [0.15, 0.2) is 5.82 Å². The van der Waals surface area contributed by atoms with Crippen molar-refractivity contribution in [3.63, 3.8) is 0 Å². The van der Waals surface area contributed by atoms with Crippen molar-refractivity contribution in [1.82, 2.24) is 19.7 Å². The molecule has 1 amide bonds. The van der Waals surface area contributed by atoms with E-state index in [4.69, 9.17) is 4.74 Å². The lowest BCUT2D eigenvalue weighted by Crippen LogP contribution is -2.13. The minimum atomic E-state index is -0.515. The van der Waals surface area contributed by atoms with Gasteiger partial charge in [-0.15, -0.1) is 21.5 Å². The summed E-state index contributed by atoms with van der Waals surface area (Å²) in [6.07, 6.45) is 4.19. The van der Waals surface area contributed by atoms with Crippen molar-refractivity contribution < 1.29 is 13.9 Å². The van der Waals surface area contributed by atoms with Crippen LogP contribution in [0.3, 0.4) is 0 Å². The number of amides is 1. The number of nitrogens with one attached hydrogen (secondary N) is 1. The minimum absolute atomic E-state index is 0.0947. The van der Waals surface area contributed by atoms with Crippen LogP contribution in [0.1, 0.15) is 41.1 Å². The van der Waals surface area contributed by atoms with E-state index in [1.165, 1.54) is 17.4 Å². The number of ether oxygens (including phenoxy) is 1. The van der Waals surface area contributed by atoms with Crippen molar-refractivity contribution in [3.8, 4) is 17.1 Å². The molecule has 1 aliphatic heterocycles. The normalized spacial score (nSPS) is 13.2. The molecular formula is C24H22FN5O2S. The molecular weight excluding hydrogens is 441 g/mol. The number of carbonyl (C=O) groups is 1. The first-order chi connectivity index (χ1) is 16.2. The van der Waals surface area contributed by atoms with E-state index in [1.54, 1.807) is 41.9 Å². The molecule has 0 radical (unpaired) electrons. The van der Waals surface area contributed by atoms with Crippen LogP contribution in [0.25, 0.3) is 11.4 Å². The highest BCUT2D eigenvalue weighted by Gasteiger charge is 2.18. The first-order valence-electron chi connectivity index (χ1n) is 10.8. The number of aryl methyl sites for hydroxylation is 1. The molecule has 0 saturated carbocycles. The zero-order valence-electron chi connectivity index (χ0n) is 17.8. The summed E-state index contributed by atoms with van der Waals surface area (Å²) in [6, 6.07) is 11.4. The molecule has 9 heteroatoms. The number of hydrogen-bond acceptors (Lipinski definition) is 6. The molecule has 0 saturated heterocycles. The predicted molar refractivity (Wildman–Crippen MR) is 124 cm³/mol. The second-order valence-electron chi connectivity index (χ2n) is 7.85. The molecule has 0 unspecified atom stereocenters. The van der Waals surface area contributed by atoms with Gasteiger partial charge in [0, 0.05) is 29.5 Å². The average molecular weight is 464 g/mol. The van der Waals surface area contributed by atoms with Crippen LogP contribution in [0.4, 0.5) is 10.1 Å². The van der Waals surface area contributed by atoms with Crippen molar-refractivity contribution >= 4 is 22.9 Å². The van der Waals surface area contributed by atoms with Gasteiger partial charge in [0.05, 0.1) is 16.9 Å². The maximum atomic E-state index is 14.6. The zero-order chi connectivity index (χ0) is 22.6. The Hall–Kier alpha value is -3.59. The Bertz CT molecular complexity index is 1270. The molecule has 7 nitrogen and oxygen atoms in total. The van der Waals surface area contributed by atoms with Crippen LogP contribution in [-0.4, -0.2) is 25.7 Å². The van der Waals surface area contributed by atoms with Crippen LogP contribution >= 0.6 is 11.3 Å². The molecule has 2 aromatic carbocycles. The number of aromatic nitrogens is 4. The summed E-state index contributed by atoms with van der Waals surface area (Å²) in [5.41, 5.74) is 3.74. The molecule has 0 aliphatic carbocycles. The lowest BCUT2D eigenvalue weighted by atomic mass is 10.1. The second-order valence-corrected chi connectivity index (χ2v) is 8.57. The summed E-state index contributed by atoms with van der Waals surface area (Å²) >= 11 is 1.49.